The second kappa shape index (κ2) is 5.00. The molecule has 1 atom stereocenters. The van der Waals surface area contributed by atoms with Gasteiger partial charge in [0.15, 0.2) is 0 Å². The molecule has 2 N–H and O–H groups in total. The monoisotopic (exact) mass is 213 g/mol. The Hall–Kier alpha value is -1.03. The third kappa shape index (κ3) is 2.73. The number of carbonyl (C=O) groups is 1. The van der Waals surface area contributed by atoms with Gasteiger partial charge in [0.05, 0.1) is 12.3 Å². The van der Waals surface area contributed by atoms with E-state index in [1.165, 1.54) is 11.3 Å². The van der Waals surface area contributed by atoms with Crippen LogP contribution in [0.4, 0.5) is 5.69 Å². The fourth-order valence-corrected chi connectivity index (χ4v) is 1.60. The van der Waals surface area contributed by atoms with Crippen LogP contribution in [-0.2, 0) is 4.74 Å². The Kier molecular flexibility index (Phi) is 3.95. The number of anilines is 1. The van der Waals surface area contributed by atoms with Gasteiger partial charge in [-0.1, -0.05) is 20.3 Å². The van der Waals surface area contributed by atoms with Crippen molar-refractivity contribution < 1.29 is 9.53 Å². The second-order valence-corrected chi connectivity index (χ2v) is 4.23. The summed E-state index contributed by atoms with van der Waals surface area (Å²) in [7, 11) is 0. The van der Waals surface area contributed by atoms with Gasteiger partial charge in [-0.15, -0.1) is 11.3 Å². The molecule has 0 aliphatic rings. The minimum Gasteiger partial charge on any atom is -0.461 e. The summed E-state index contributed by atoms with van der Waals surface area (Å²) in [6.07, 6.45) is 1.01. The molecule has 78 valence electrons. The van der Waals surface area contributed by atoms with Gasteiger partial charge in [-0.05, 0) is 17.4 Å². The number of rotatable bonds is 4. The minimum atomic E-state index is -0.308. The van der Waals surface area contributed by atoms with Crippen molar-refractivity contribution in [3.8, 4) is 0 Å². The van der Waals surface area contributed by atoms with Gasteiger partial charge in [-0.25, -0.2) is 4.79 Å². The van der Waals surface area contributed by atoms with Crippen LogP contribution >= 0.6 is 11.3 Å². The fourth-order valence-electron chi connectivity index (χ4n) is 0.886. The van der Waals surface area contributed by atoms with Crippen LogP contribution in [0.25, 0.3) is 0 Å². The topological polar surface area (TPSA) is 52.3 Å². The molecule has 0 radical (unpaired) electrons. The number of esters is 1. The van der Waals surface area contributed by atoms with Crippen LogP contribution in [0.5, 0.6) is 0 Å². The molecule has 1 heterocycles. The summed E-state index contributed by atoms with van der Waals surface area (Å²) < 4.78 is 5.11. The van der Waals surface area contributed by atoms with Crippen LogP contribution in [-0.4, -0.2) is 12.6 Å². The van der Waals surface area contributed by atoms with Crippen LogP contribution in [0.15, 0.2) is 11.4 Å². The molecule has 14 heavy (non-hydrogen) atoms. The summed E-state index contributed by atoms with van der Waals surface area (Å²) >= 11 is 1.32. The lowest BCUT2D eigenvalue weighted by molar-refractivity contribution is 0.0454. The number of ether oxygens (including phenoxy) is 1. The van der Waals surface area contributed by atoms with Gasteiger partial charge in [-0.2, -0.15) is 0 Å². The Labute approximate surface area is 87.9 Å². The van der Waals surface area contributed by atoms with E-state index < -0.39 is 0 Å². The molecule has 0 saturated heterocycles. The van der Waals surface area contributed by atoms with Crippen molar-refractivity contribution in [3.05, 3.63) is 16.3 Å². The van der Waals surface area contributed by atoms with Crippen LogP contribution in [0, 0.1) is 5.92 Å². The summed E-state index contributed by atoms with van der Waals surface area (Å²) in [5.41, 5.74) is 6.09. The first kappa shape index (κ1) is 11.0. The Morgan fingerprint density at radius 1 is 1.71 bits per heavy atom. The van der Waals surface area contributed by atoms with Crippen LogP contribution in [0.1, 0.15) is 29.9 Å². The molecule has 0 spiro atoms. The molecule has 0 aliphatic heterocycles. The van der Waals surface area contributed by atoms with Crippen molar-refractivity contribution in [3.63, 3.8) is 0 Å². The smallest absolute Gasteiger partial charge is 0.350 e. The fraction of sp³-hybridized carbons (Fsp3) is 0.500. The maximum atomic E-state index is 11.5. The quantitative estimate of drug-likeness (QED) is 0.782. The maximum Gasteiger partial charge on any atom is 0.350 e. The van der Waals surface area contributed by atoms with Crippen molar-refractivity contribution in [1.29, 1.82) is 0 Å². The predicted octanol–water partition coefficient (Wildman–Crippen LogP) is 2.53. The van der Waals surface area contributed by atoms with Crippen molar-refractivity contribution in [1.82, 2.24) is 0 Å². The Morgan fingerprint density at radius 3 is 2.93 bits per heavy atom. The van der Waals surface area contributed by atoms with E-state index >= 15 is 0 Å². The standard InChI is InChI=1S/C10H15NO2S/c1-3-7(2)6-13-10(12)9-8(11)4-5-14-9/h4-5,7H,3,6,11H2,1-2H3. The van der Waals surface area contributed by atoms with Gasteiger partial charge >= 0.3 is 5.97 Å². The lowest BCUT2D eigenvalue weighted by Gasteiger charge is -2.08. The molecule has 1 unspecified atom stereocenters. The maximum absolute atomic E-state index is 11.5. The molecule has 1 rings (SSSR count). The number of nitrogen functional groups attached to an aromatic ring is 1. The zero-order chi connectivity index (χ0) is 10.6. The minimum absolute atomic E-state index is 0.308. The van der Waals surface area contributed by atoms with E-state index in [1.54, 1.807) is 11.4 Å². The summed E-state index contributed by atoms with van der Waals surface area (Å²) in [6.45, 7) is 4.58. The summed E-state index contributed by atoms with van der Waals surface area (Å²) in [5.74, 6) is 0.0953. The van der Waals surface area contributed by atoms with Crippen molar-refractivity contribution in [2.24, 2.45) is 5.92 Å². The van der Waals surface area contributed by atoms with Crippen molar-refractivity contribution >= 4 is 23.0 Å². The number of nitrogens with two attached hydrogens (primary N) is 1. The number of carbonyl (C=O) groups excluding carboxylic acids is 1. The lowest BCUT2D eigenvalue weighted by Crippen LogP contribution is -2.11. The van der Waals surface area contributed by atoms with E-state index in [2.05, 4.69) is 6.92 Å². The molecule has 3 nitrogen and oxygen atoms in total. The largest absolute Gasteiger partial charge is 0.461 e. The Morgan fingerprint density at radius 2 is 2.43 bits per heavy atom. The van der Waals surface area contributed by atoms with Crippen molar-refractivity contribution in [2.45, 2.75) is 20.3 Å². The van der Waals surface area contributed by atoms with E-state index in [-0.39, 0.29) is 5.97 Å². The van der Waals surface area contributed by atoms with E-state index in [0.717, 1.165) is 6.42 Å². The van der Waals surface area contributed by atoms with E-state index in [4.69, 9.17) is 10.5 Å². The van der Waals surface area contributed by atoms with E-state index in [9.17, 15) is 4.79 Å². The Balaban J connectivity index is 2.47. The third-order valence-corrected chi connectivity index (χ3v) is 2.99. The lowest BCUT2D eigenvalue weighted by atomic mass is 10.1. The van der Waals surface area contributed by atoms with Gasteiger partial charge in [0.2, 0.25) is 0 Å². The molecule has 0 bridgehead atoms. The average molecular weight is 213 g/mol. The molecule has 0 amide bonds. The molecule has 0 aromatic carbocycles. The van der Waals surface area contributed by atoms with Crippen LogP contribution in [0.3, 0.4) is 0 Å². The average Bonchev–Trinajstić information content (AvgIpc) is 2.60. The number of hydrogen-bond acceptors (Lipinski definition) is 4. The molecule has 0 saturated carbocycles. The molecule has 1 aromatic rings. The van der Waals surface area contributed by atoms with Crippen molar-refractivity contribution in [2.75, 3.05) is 12.3 Å². The summed E-state index contributed by atoms with van der Waals surface area (Å²) in [6, 6.07) is 1.71. The molecular weight excluding hydrogens is 198 g/mol. The van der Waals surface area contributed by atoms with Crippen LogP contribution < -0.4 is 5.73 Å². The predicted molar refractivity (Wildman–Crippen MR) is 58.5 cm³/mol. The zero-order valence-electron chi connectivity index (χ0n) is 8.45. The first-order valence-corrected chi connectivity index (χ1v) is 5.53. The van der Waals surface area contributed by atoms with E-state index in [0.29, 0.717) is 23.1 Å². The molecule has 0 aliphatic carbocycles. The van der Waals surface area contributed by atoms with E-state index in [1.807, 2.05) is 6.92 Å². The first-order chi connectivity index (χ1) is 6.65. The highest BCUT2D eigenvalue weighted by Crippen LogP contribution is 2.20. The van der Waals surface area contributed by atoms with Crippen LogP contribution in [0.2, 0.25) is 0 Å². The van der Waals surface area contributed by atoms with Gasteiger partial charge < -0.3 is 10.5 Å². The van der Waals surface area contributed by atoms with Gasteiger partial charge in [0.1, 0.15) is 4.88 Å². The third-order valence-electron chi connectivity index (χ3n) is 2.08. The number of thiophene rings is 1. The Bertz CT molecular complexity index is 309. The second-order valence-electron chi connectivity index (χ2n) is 3.32. The molecular formula is C10H15NO2S. The summed E-state index contributed by atoms with van der Waals surface area (Å²) in [4.78, 5) is 12.0. The first-order valence-electron chi connectivity index (χ1n) is 4.65. The highest BCUT2D eigenvalue weighted by molar-refractivity contribution is 7.12. The number of hydrogen-bond donors (Lipinski definition) is 1. The van der Waals surface area contributed by atoms with Gasteiger partial charge in [-0.3, -0.25) is 0 Å². The molecule has 1 aromatic heterocycles. The zero-order valence-corrected chi connectivity index (χ0v) is 9.26. The normalized spacial score (nSPS) is 12.4. The molecule has 0 fully saturated rings. The highest BCUT2D eigenvalue weighted by atomic mass is 32.1. The van der Waals surface area contributed by atoms with Gasteiger partial charge in [0.25, 0.3) is 0 Å². The highest BCUT2D eigenvalue weighted by Gasteiger charge is 2.13. The van der Waals surface area contributed by atoms with Gasteiger partial charge in [0, 0.05) is 0 Å². The molecule has 4 heteroatoms. The summed E-state index contributed by atoms with van der Waals surface area (Å²) in [5, 5.41) is 1.79. The SMILES string of the molecule is CCC(C)COC(=O)c1sccc1N.